The van der Waals surface area contributed by atoms with E-state index in [2.05, 4.69) is 50.4 Å². The standard InChI is InChI=1S/C14H23N/c1-4-13(11-15-5-2)10-14-8-6-12(3)7-9-14/h6-9,13,15H,4-5,10-11H2,1-3H3. The summed E-state index contributed by atoms with van der Waals surface area (Å²) in [5, 5.41) is 3.43. The summed E-state index contributed by atoms with van der Waals surface area (Å²) in [6.07, 6.45) is 2.45. The Bertz CT molecular complexity index is 263. The fourth-order valence-corrected chi connectivity index (χ4v) is 1.77. The normalized spacial score (nSPS) is 12.7. The summed E-state index contributed by atoms with van der Waals surface area (Å²) < 4.78 is 0. The molecule has 0 bridgehead atoms. The Balaban J connectivity index is 2.47. The summed E-state index contributed by atoms with van der Waals surface area (Å²) in [6, 6.07) is 8.92. The molecule has 1 atom stereocenters. The zero-order chi connectivity index (χ0) is 11.1. The third kappa shape index (κ3) is 4.48. The first-order valence-corrected chi connectivity index (χ1v) is 6.02. The average molecular weight is 205 g/mol. The lowest BCUT2D eigenvalue weighted by molar-refractivity contribution is 0.467. The van der Waals surface area contributed by atoms with Crippen molar-refractivity contribution in [1.82, 2.24) is 5.32 Å². The van der Waals surface area contributed by atoms with E-state index < -0.39 is 0 Å². The molecule has 0 heterocycles. The first-order valence-electron chi connectivity index (χ1n) is 6.02. The summed E-state index contributed by atoms with van der Waals surface area (Å²) in [7, 11) is 0. The molecule has 1 unspecified atom stereocenters. The van der Waals surface area contributed by atoms with E-state index in [1.54, 1.807) is 0 Å². The Labute approximate surface area is 93.9 Å². The smallest absolute Gasteiger partial charge is 0.00176 e. The van der Waals surface area contributed by atoms with E-state index in [1.165, 1.54) is 24.0 Å². The molecule has 0 aliphatic heterocycles. The summed E-state index contributed by atoms with van der Waals surface area (Å²) in [4.78, 5) is 0. The summed E-state index contributed by atoms with van der Waals surface area (Å²) >= 11 is 0. The van der Waals surface area contributed by atoms with Gasteiger partial charge in [-0.15, -0.1) is 0 Å². The molecular formula is C14H23N. The van der Waals surface area contributed by atoms with E-state index in [0.29, 0.717) is 0 Å². The van der Waals surface area contributed by atoms with E-state index in [1.807, 2.05) is 0 Å². The SMILES string of the molecule is CCNCC(CC)Cc1ccc(C)cc1. The minimum atomic E-state index is 0.771. The van der Waals surface area contributed by atoms with Gasteiger partial charge < -0.3 is 5.32 Å². The van der Waals surface area contributed by atoms with Crippen LogP contribution in [0.15, 0.2) is 24.3 Å². The van der Waals surface area contributed by atoms with E-state index in [-0.39, 0.29) is 0 Å². The molecule has 1 aromatic rings. The number of hydrogen-bond donors (Lipinski definition) is 1. The second-order valence-corrected chi connectivity index (χ2v) is 4.27. The fraction of sp³-hybridized carbons (Fsp3) is 0.571. The number of nitrogens with one attached hydrogen (secondary N) is 1. The molecule has 15 heavy (non-hydrogen) atoms. The summed E-state index contributed by atoms with van der Waals surface area (Å²) in [6.45, 7) is 8.79. The third-order valence-electron chi connectivity index (χ3n) is 2.91. The molecule has 1 aromatic carbocycles. The van der Waals surface area contributed by atoms with Crippen LogP contribution in [-0.4, -0.2) is 13.1 Å². The van der Waals surface area contributed by atoms with Crippen molar-refractivity contribution >= 4 is 0 Å². The van der Waals surface area contributed by atoms with Crippen molar-refractivity contribution in [1.29, 1.82) is 0 Å². The monoisotopic (exact) mass is 205 g/mol. The molecule has 0 saturated carbocycles. The van der Waals surface area contributed by atoms with Crippen LogP contribution in [0.25, 0.3) is 0 Å². The predicted molar refractivity (Wildman–Crippen MR) is 67.2 cm³/mol. The van der Waals surface area contributed by atoms with Gasteiger partial charge in [-0.3, -0.25) is 0 Å². The molecule has 1 nitrogen and oxygen atoms in total. The van der Waals surface area contributed by atoms with Gasteiger partial charge in [0, 0.05) is 0 Å². The lowest BCUT2D eigenvalue weighted by atomic mass is 9.96. The highest BCUT2D eigenvalue weighted by molar-refractivity contribution is 5.21. The van der Waals surface area contributed by atoms with E-state index in [0.717, 1.165) is 19.0 Å². The zero-order valence-corrected chi connectivity index (χ0v) is 10.2. The van der Waals surface area contributed by atoms with Gasteiger partial charge in [-0.05, 0) is 37.9 Å². The van der Waals surface area contributed by atoms with Crippen LogP contribution in [0.3, 0.4) is 0 Å². The first kappa shape index (κ1) is 12.3. The number of benzene rings is 1. The van der Waals surface area contributed by atoms with Gasteiger partial charge in [-0.1, -0.05) is 50.1 Å². The average Bonchev–Trinajstić information content (AvgIpc) is 2.27. The maximum atomic E-state index is 3.43. The fourth-order valence-electron chi connectivity index (χ4n) is 1.77. The van der Waals surface area contributed by atoms with Crippen molar-refractivity contribution in [2.45, 2.75) is 33.6 Å². The van der Waals surface area contributed by atoms with E-state index in [4.69, 9.17) is 0 Å². The topological polar surface area (TPSA) is 12.0 Å². The maximum Gasteiger partial charge on any atom is -0.00176 e. The first-order chi connectivity index (χ1) is 7.26. The van der Waals surface area contributed by atoms with Gasteiger partial charge in [0.1, 0.15) is 0 Å². The van der Waals surface area contributed by atoms with Crippen molar-refractivity contribution in [3.63, 3.8) is 0 Å². The van der Waals surface area contributed by atoms with Crippen molar-refractivity contribution in [3.05, 3.63) is 35.4 Å². The lowest BCUT2D eigenvalue weighted by Gasteiger charge is -2.15. The minimum absolute atomic E-state index is 0.771. The third-order valence-corrected chi connectivity index (χ3v) is 2.91. The van der Waals surface area contributed by atoms with Gasteiger partial charge in [-0.25, -0.2) is 0 Å². The molecule has 0 spiro atoms. The minimum Gasteiger partial charge on any atom is -0.317 e. The second kappa shape index (κ2) is 6.62. The molecule has 1 N–H and O–H groups in total. The van der Waals surface area contributed by atoms with Crippen molar-refractivity contribution in [2.24, 2.45) is 5.92 Å². The van der Waals surface area contributed by atoms with Crippen LogP contribution < -0.4 is 5.32 Å². The van der Waals surface area contributed by atoms with Crippen molar-refractivity contribution in [3.8, 4) is 0 Å². The molecular weight excluding hydrogens is 182 g/mol. The molecule has 0 saturated heterocycles. The highest BCUT2D eigenvalue weighted by atomic mass is 14.8. The van der Waals surface area contributed by atoms with Gasteiger partial charge in [0.2, 0.25) is 0 Å². The quantitative estimate of drug-likeness (QED) is 0.752. The van der Waals surface area contributed by atoms with Crippen LogP contribution in [0, 0.1) is 12.8 Å². The molecule has 0 aromatic heterocycles. The number of hydrogen-bond acceptors (Lipinski definition) is 1. The van der Waals surface area contributed by atoms with Crippen molar-refractivity contribution in [2.75, 3.05) is 13.1 Å². The van der Waals surface area contributed by atoms with Gasteiger partial charge in [0.25, 0.3) is 0 Å². The Hall–Kier alpha value is -0.820. The second-order valence-electron chi connectivity index (χ2n) is 4.27. The van der Waals surface area contributed by atoms with Crippen LogP contribution in [-0.2, 0) is 6.42 Å². The molecule has 1 rings (SSSR count). The van der Waals surface area contributed by atoms with E-state index in [9.17, 15) is 0 Å². The molecule has 84 valence electrons. The number of rotatable bonds is 6. The molecule has 0 amide bonds. The Kier molecular flexibility index (Phi) is 5.41. The maximum absolute atomic E-state index is 3.43. The number of aryl methyl sites for hydroxylation is 1. The lowest BCUT2D eigenvalue weighted by Crippen LogP contribution is -2.23. The van der Waals surface area contributed by atoms with Crippen LogP contribution in [0.4, 0.5) is 0 Å². The molecule has 1 heteroatoms. The van der Waals surface area contributed by atoms with Crippen LogP contribution in [0.1, 0.15) is 31.4 Å². The van der Waals surface area contributed by atoms with Crippen LogP contribution in [0.2, 0.25) is 0 Å². The van der Waals surface area contributed by atoms with Gasteiger partial charge in [0.15, 0.2) is 0 Å². The highest BCUT2D eigenvalue weighted by Crippen LogP contribution is 2.12. The van der Waals surface area contributed by atoms with Crippen LogP contribution in [0.5, 0.6) is 0 Å². The van der Waals surface area contributed by atoms with Gasteiger partial charge in [0.05, 0.1) is 0 Å². The highest BCUT2D eigenvalue weighted by Gasteiger charge is 2.06. The summed E-state index contributed by atoms with van der Waals surface area (Å²) in [5.74, 6) is 0.771. The molecule has 0 fully saturated rings. The van der Waals surface area contributed by atoms with E-state index >= 15 is 0 Å². The Morgan fingerprint density at radius 1 is 1.13 bits per heavy atom. The zero-order valence-electron chi connectivity index (χ0n) is 10.2. The van der Waals surface area contributed by atoms with Gasteiger partial charge in [-0.2, -0.15) is 0 Å². The molecule has 0 aliphatic rings. The Morgan fingerprint density at radius 3 is 2.33 bits per heavy atom. The van der Waals surface area contributed by atoms with Crippen LogP contribution >= 0.6 is 0 Å². The summed E-state index contributed by atoms with van der Waals surface area (Å²) in [5.41, 5.74) is 2.81. The van der Waals surface area contributed by atoms with Gasteiger partial charge >= 0.3 is 0 Å². The predicted octanol–water partition coefficient (Wildman–Crippen LogP) is 3.17. The van der Waals surface area contributed by atoms with Crippen molar-refractivity contribution < 1.29 is 0 Å². The largest absolute Gasteiger partial charge is 0.317 e. The molecule has 0 aliphatic carbocycles. The Morgan fingerprint density at radius 2 is 1.80 bits per heavy atom. The molecule has 0 radical (unpaired) electrons.